The standard InChI is InChI=1S/C24H19N3O3/c28-22(13-9-11-25-12-10-13)26-27-23(29)20-18-14-5-1-2-6-15(14)19(21(20)24(27)30)17-8-4-3-7-16(17)18/h1-12,14-15,18-21H,(H,26,28)/t14-,15+,18-,19+,20-,21-/m1/s1. The van der Waals surface area contributed by atoms with Gasteiger partial charge in [-0.05, 0) is 35.1 Å². The van der Waals surface area contributed by atoms with E-state index in [1.807, 2.05) is 24.3 Å². The van der Waals surface area contributed by atoms with E-state index in [4.69, 9.17) is 0 Å². The van der Waals surface area contributed by atoms with Crippen molar-refractivity contribution in [3.63, 3.8) is 0 Å². The number of carbonyl (C=O) groups excluding carboxylic acids is 3. The molecular formula is C24H19N3O3. The molecule has 6 heteroatoms. The van der Waals surface area contributed by atoms with Gasteiger partial charge in [-0.2, -0.15) is 5.01 Å². The quantitative estimate of drug-likeness (QED) is 0.790. The molecule has 5 aliphatic rings. The number of pyridine rings is 1. The lowest BCUT2D eigenvalue weighted by Crippen LogP contribution is -2.49. The van der Waals surface area contributed by atoms with E-state index >= 15 is 0 Å². The Morgan fingerprint density at radius 2 is 1.33 bits per heavy atom. The molecule has 0 radical (unpaired) electrons. The molecule has 1 aromatic heterocycles. The summed E-state index contributed by atoms with van der Waals surface area (Å²) in [6.45, 7) is 0. The van der Waals surface area contributed by atoms with Crippen molar-refractivity contribution in [3.05, 3.63) is 89.8 Å². The van der Waals surface area contributed by atoms with E-state index in [1.54, 1.807) is 12.1 Å². The summed E-state index contributed by atoms with van der Waals surface area (Å²) in [6.07, 6.45) is 11.4. The third kappa shape index (κ3) is 2.19. The van der Waals surface area contributed by atoms with Crippen LogP contribution in [0.5, 0.6) is 0 Å². The van der Waals surface area contributed by atoms with Crippen molar-refractivity contribution in [2.75, 3.05) is 0 Å². The maximum absolute atomic E-state index is 13.4. The summed E-state index contributed by atoms with van der Waals surface area (Å²) in [6, 6.07) is 11.3. The normalized spacial score (nSPS) is 32.6. The van der Waals surface area contributed by atoms with Crippen LogP contribution in [0.3, 0.4) is 0 Å². The zero-order chi connectivity index (χ0) is 20.4. The zero-order valence-electron chi connectivity index (χ0n) is 16.0. The van der Waals surface area contributed by atoms with Gasteiger partial charge in [0.2, 0.25) is 0 Å². The number of allylic oxidation sites excluding steroid dienone is 4. The van der Waals surface area contributed by atoms with Gasteiger partial charge in [-0.25, -0.2) is 0 Å². The van der Waals surface area contributed by atoms with Crippen molar-refractivity contribution < 1.29 is 14.4 Å². The lowest BCUT2D eigenvalue weighted by Gasteiger charge is -2.53. The molecule has 3 amide bonds. The van der Waals surface area contributed by atoms with Crippen LogP contribution in [0.4, 0.5) is 0 Å². The summed E-state index contributed by atoms with van der Waals surface area (Å²) in [7, 11) is 0. The first-order valence-electron chi connectivity index (χ1n) is 10.2. The van der Waals surface area contributed by atoms with Crippen molar-refractivity contribution in [1.82, 2.24) is 15.4 Å². The number of aromatic nitrogens is 1. The summed E-state index contributed by atoms with van der Waals surface area (Å²) in [5, 5.41) is 0.967. The van der Waals surface area contributed by atoms with E-state index in [1.165, 1.54) is 12.4 Å². The second-order valence-corrected chi connectivity index (χ2v) is 8.35. The molecule has 1 aliphatic heterocycles. The van der Waals surface area contributed by atoms with Gasteiger partial charge in [0.05, 0.1) is 11.8 Å². The van der Waals surface area contributed by atoms with Gasteiger partial charge in [0.25, 0.3) is 17.7 Å². The first kappa shape index (κ1) is 17.3. The highest BCUT2D eigenvalue weighted by Crippen LogP contribution is 2.64. The highest BCUT2D eigenvalue weighted by atomic mass is 16.2. The molecule has 148 valence electrons. The average Bonchev–Trinajstić information content (AvgIpc) is 3.05. The van der Waals surface area contributed by atoms with Crippen LogP contribution in [-0.4, -0.2) is 27.7 Å². The predicted molar refractivity (Wildman–Crippen MR) is 108 cm³/mol. The van der Waals surface area contributed by atoms with E-state index < -0.39 is 17.7 Å². The van der Waals surface area contributed by atoms with Crippen LogP contribution >= 0.6 is 0 Å². The fourth-order valence-electron chi connectivity index (χ4n) is 6.01. The van der Waals surface area contributed by atoms with Crippen LogP contribution in [-0.2, 0) is 9.59 Å². The lowest BCUT2D eigenvalue weighted by atomic mass is 9.48. The Labute approximate surface area is 173 Å². The monoisotopic (exact) mass is 397 g/mol. The van der Waals surface area contributed by atoms with E-state index in [0.29, 0.717) is 5.56 Å². The molecule has 0 unspecified atom stereocenters. The molecule has 7 rings (SSSR count). The topological polar surface area (TPSA) is 79.4 Å². The summed E-state index contributed by atoms with van der Waals surface area (Å²) >= 11 is 0. The van der Waals surface area contributed by atoms with Gasteiger partial charge < -0.3 is 0 Å². The Kier molecular flexibility index (Phi) is 3.60. The number of nitrogens with one attached hydrogen (secondary N) is 1. The first-order valence-corrected chi connectivity index (χ1v) is 10.2. The Bertz CT molecular complexity index is 1080. The molecule has 2 bridgehead atoms. The maximum Gasteiger partial charge on any atom is 0.270 e. The number of amides is 3. The molecule has 2 heterocycles. The van der Waals surface area contributed by atoms with Gasteiger partial charge in [-0.15, -0.1) is 0 Å². The van der Waals surface area contributed by atoms with Crippen LogP contribution in [0.1, 0.15) is 33.3 Å². The fourth-order valence-corrected chi connectivity index (χ4v) is 6.01. The minimum absolute atomic E-state index is 0.0679. The molecule has 1 N–H and O–H groups in total. The van der Waals surface area contributed by atoms with Crippen molar-refractivity contribution in [1.29, 1.82) is 0 Å². The average molecular weight is 397 g/mol. The van der Waals surface area contributed by atoms with Gasteiger partial charge >= 0.3 is 0 Å². The summed E-state index contributed by atoms with van der Waals surface area (Å²) in [5.41, 5.74) is 5.23. The highest BCUT2D eigenvalue weighted by Gasteiger charge is 2.65. The molecule has 1 saturated heterocycles. The van der Waals surface area contributed by atoms with Crippen molar-refractivity contribution >= 4 is 17.7 Å². The van der Waals surface area contributed by atoms with Gasteiger partial charge in [0.15, 0.2) is 0 Å². The van der Waals surface area contributed by atoms with Crippen molar-refractivity contribution in [3.8, 4) is 0 Å². The number of hydrazine groups is 1. The van der Waals surface area contributed by atoms with Crippen molar-refractivity contribution in [2.24, 2.45) is 23.7 Å². The molecule has 30 heavy (non-hydrogen) atoms. The number of imide groups is 1. The van der Waals surface area contributed by atoms with E-state index in [0.717, 1.165) is 16.1 Å². The Morgan fingerprint density at radius 1 is 0.800 bits per heavy atom. The Morgan fingerprint density at radius 3 is 1.87 bits per heavy atom. The summed E-state index contributed by atoms with van der Waals surface area (Å²) in [5.74, 6) is -1.77. The Balaban J connectivity index is 1.41. The number of carbonyl (C=O) groups is 3. The summed E-state index contributed by atoms with van der Waals surface area (Å²) < 4.78 is 0. The highest BCUT2D eigenvalue weighted by molar-refractivity contribution is 6.09. The Hall–Kier alpha value is -3.54. The molecule has 2 fully saturated rings. The molecule has 1 saturated carbocycles. The lowest BCUT2D eigenvalue weighted by molar-refractivity contribution is -0.142. The number of hydrogen-bond donors (Lipinski definition) is 1. The van der Waals surface area contributed by atoms with E-state index in [-0.39, 0.29) is 35.5 Å². The maximum atomic E-state index is 13.4. The number of hydrogen-bond acceptors (Lipinski definition) is 4. The second-order valence-electron chi connectivity index (χ2n) is 8.35. The van der Waals surface area contributed by atoms with Crippen LogP contribution < -0.4 is 5.43 Å². The molecular weight excluding hydrogens is 378 g/mol. The number of rotatable bonds is 2. The minimum atomic E-state index is -0.486. The predicted octanol–water partition coefficient (Wildman–Crippen LogP) is 2.58. The summed E-state index contributed by atoms with van der Waals surface area (Å²) in [4.78, 5) is 43.4. The molecule has 1 aromatic carbocycles. The largest absolute Gasteiger partial charge is 0.272 e. The SMILES string of the molecule is O=C(NN1C(=O)[C@H]2[C@H](C1=O)[C@H]1c3ccccc3[C@@H]2[C@H]2C=CC=C[C@H]21)c1ccncc1. The second kappa shape index (κ2) is 6.23. The van der Waals surface area contributed by atoms with Crippen LogP contribution in [0.2, 0.25) is 0 Å². The third-order valence-electron chi connectivity index (χ3n) is 7.09. The van der Waals surface area contributed by atoms with E-state index in [2.05, 4.69) is 34.7 Å². The molecule has 4 aliphatic carbocycles. The number of nitrogens with zero attached hydrogens (tertiary/aromatic N) is 2. The van der Waals surface area contributed by atoms with Gasteiger partial charge in [0, 0.05) is 29.8 Å². The van der Waals surface area contributed by atoms with Crippen molar-refractivity contribution in [2.45, 2.75) is 11.8 Å². The van der Waals surface area contributed by atoms with Crippen LogP contribution in [0.15, 0.2) is 73.1 Å². The number of benzene rings is 1. The molecule has 2 aromatic rings. The zero-order valence-corrected chi connectivity index (χ0v) is 16.0. The first-order chi connectivity index (χ1) is 14.7. The molecule has 0 spiro atoms. The minimum Gasteiger partial charge on any atom is -0.272 e. The van der Waals surface area contributed by atoms with Gasteiger partial charge in [-0.1, -0.05) is 48.6 Å². The molecule has 6 nitrogen and oxygen atoms in total. The van der Waals surface area contributed by atoms with Gasteiger partial charge in [0.1, 0.15) is 0 Å². The van der Waals surface area contributed by atoms with E-state index in [9.17, 15) is 14.4 Å². The fraction of sp³-hybridized carbons (Fsp3) is 0.250. The molecule has 6 atom stereocenters. The smallest absolute Gasteiger partial charge is 0.270 e. The van der Waals surface area contributed by atoms with Crippen LogP contribution in [0, 0.1) is 23.7 Å². The van der Waals surface area contributed by atoms with Crippen LogP contribution in [0.25, 0.3) is 0 Å². The third-order valence-corrected chi connectivity index (χ3v) is 7.09. The van der Waals surface area contributed by atoms with Gasteiger partial charge in [-0.3, -0.25) is 24.8 Å².